The number of nitrogens with zero attached hydrogens (tertiary/aromatic N) is 1. The Morgan fingerprint density at radius 3 is 2.41 bits per heavy atom. The normalized spacial score (nSPS) is 10.8. The first-order valence-corrected chi connectivity index (χ1v) is 6.14. The first kappa shape index (κ1) is 13.2. The van der Waals surface area contributed by atoms with Gasteiger partial charge >= 0.3 is 0 Å². The second-order valence-corrected chi connectivity index (χ2v) is 4.88. The van der Waals surface area contributed by atoms with Gasteiger partial charge in [0.25, 0.3) is 0 Å². The molecular weight excluding hydrogens is 244 g/mol. The van der Waals surface area contributed by atoms with Gasteiger partial charge in [0, 0.05) is 13.0 Å². The monoisotopic (exact) mass is 253 g/mol. The van der Waals surface area contributed by atoms with Gasteiger partial charge in [0.2, 0.25) is 10.0 Å². The predicted molar refractivity (Wildman–Crippen MR) is 56.2 cm³/mol. The number of carboxylic acids is 1. The summed E-state index contributed by atoms with van der Waals surface area (Å²) in [5.74, 6) is -1.37. The number of carboxylic acid groups (broad SMARTS) is 1. The minimum atomic E-state index is -3.69. The Labute approximate surface area is 98.6 Å². The summed E-state index contributed by atoms with van der Waals surface area (Å²) in [4.78, 5) is 10.4. The standard InChI is InChI=1S/C10H10N2O4S/c11-6-1-7-12-17(15,16)9-4-2-8(3-5-9)10(13)14/h2-5,12H,1,7H2,(H,13,14)/p-1. The van der Waals surface area contributed by atoms with E-state index in [0.29, 0.717) is 0 Å². The van der Waals surface area contributed by atoms with Crippen LogP contribution in [0.1, 0.15) is 16.8 Å². The van der Waals surface area contributed by atoms with Gasteiger partial charge in [-0.3, -0.25) is 0 Å². The number of benzene rings is 1. The summed E-state index contributed by atoms with van der Waals surface area (Å²) >= 11 is 0. The summed E-state index contributed by atoms with van der Waals surface area (Å²) in [5.41, 5.74) is -0.0963. The highest BCUT2D eigenvalue weighted by molar-refractivity contribution is 7.89. The molecule has 0 unspecified atom stereocenters. The molecule has 0 aromatic heterocycles. The van der Waals surface area contributed by atoms with Crippen LogP contribution in [0.3, 0.4) is 0 Å². The molecule has 6 nitrogen and oxygen atoms in total. The van der Waals surface area contributed by atoms with Gasteiger partial charge in [0.1, 0.15) is 0 Å². The second-order valence-electron chi connectivity index (χ2n) is 3.12. The maximum absolute atomic E-state index is 11.6. The van der Waals surface area contributed by atoms with Crippen LogP contribution in [-0.2, 0) is 10.0 Å². The van der Waals surface area contributed by atoms with Crippen LogP contribution in [0.15, 0.2) is 29.2 Å². The summed E-state index contributed by atoms with van der Waals surface area (Å²) in [5, 5.41) is 18.7. The zero-order valence-corrected chi connectivity index (χ0v) is 9.53. The molecule has 0 bridgehead atoms. The number of hydrogen-bond donors (Lipinski definition) is 1. The van der Waals surface area contributed by atoms with E-state index in [1.165, 1.54) is 12.1 Å². The Kier molecular flexibility index (Phi) is 4.20. The van der Waals surface area contributed by atoms with Gasteiger partial charge < -0.3 is 9.90 Å². The summed E-state index contributed by atoms with van der Waals surface area (Å²) in [6.45, 7) is 0.0150. The number of aromatic carboxylic acids is 1. The van der Waals surface area contributed by atoms with Crippen LogP contribution in [0.4, 0.5) is 0 Å². The zero-order valence-electron chi connectivity index (χ0n) is 8.71. The van der Waals surface area contributed by atoms with Gasteiger partial charge in [-0.05, 0) is 17.7 Å². The van der Waals surface area contributed by atoms with Crippen LogP contribution in [-0.4, -0.2) is 20.9 Å². The van der Waals surface area contributed by atoms with Gasteiger partial charge in [0.15, 0.2) is 0 Å². The maximum Gasteiger partial charge on any atom is 0.240 e. The second kappa shape index (κ2) is 5.43. The summed E-state index contributed by atoms with van der Waals surface area (Å²) < 4.78 is 25.4. The molecule has 1 N–H and O–H groups in total. The summed E-state index contributed by atoms with van der Waals surface area (Å²) in [6, 6.07) is 6.43. The molecule has 7 heteroatoms. The molecule has 0 amide bonds. The molecule has 0 atom stereocenters. The molecule has 0 saturated heterocycles. The molecule has 0 fully saturated rings. The number of carbonyl (C=O) groups excluding carboxylic acids is 1. The largest absolute Gasteiger partial charge is 0.545 e. The van der Waals surface area contributed by atoms with Crippen molar-refractivity contribution in [2.45, 2.75) is 11.3 Å². The van der Waals surface area contributed by atoms with Crippen molar-refractivity contribution >= 4 is 16.0 Å². The quantitative estimate of drug-likeness (QED) is 0.693. The molecule has 1 rings (SSSR count). The average Bonchev–Trinajstić information content (AvgIpc) is 2.29. The van der Waals surface area contributed by atoms with Crippen molar-refractivity contribution in [3.8, 4) is 6.07 Å². The molecule has 0 aliphatic carbocycles. The number of rotatable bonds is 5. The zero-order chi connectivity index (χ0) is 12.9. The first-order chi connectivity index (χ1) is 7.97. The first-order valence-electron chi connectivity index (χ1n) is 4.65. The summed E-state index contributed by atoms with van der Waals surface area (Å²) in [6.07, 6.45) is 0.0658. The molecule has 0 radical (unpaired) electrons. The molecule has 0 heterocycles. The number of nitrogens with one attached hydrogen (secondary N) is 1. The van der Waals surface area contributed by atoms with E-state index in [2.05, 4.69) is 4.72 Å². The van der Waals surface area contributed by atoms with E-state index in [0.717, 1.165) is 12.1 Å². The van der Waals surface area contributed by atoms with Crippen molar-refractivity contribution in [2.24, 2.45) is 0 Å². The lowest BCUT2D eigenvalue weighted by Gasteiger charge is -2.06. The Hall–Kier alpha value is -1.91. The number of carbonyl (C=O) groups is 1. The molecule has 0 aliphatic rings. The van der Waals surface area contributed by atoms with Crippen molar-refractivity contribution in [1.29, 1.82) is 5.26 Å². The van der Waals surface area contributed by atoms with Gasteiger partial charge in [-0.15, -0.1) is 0 Å². The fourth-order valence-corrected chi connectivity index (χ4v) is 2.13. The summed E-state index contributed by atoms with van der Waals surface area (Å²) in [7, 11) is -3.69. The van der Waals surface area contributed by atoms with Gasteiger partial charge in [-0.1, -0.05) is 12.1 Å². The molecule has 0 aliphatic heterocycles. The van der Waals surface area contributed by atoms with Crippen LogP contribution in [0.5, 0.6) is 0 Å². The minimum Gasteiger partial charge on any atom is -0.545 e. The third kappa shape index (κ3) is 3.55. The fourth-order valence-electron chi connectivity index (χ4n) is 1.09. The number of hydrogen-bond acceptors (Lipinski definition) is 5. The SMILES string of the molecule is N#CCCNS(=O)(=O)c1ccc(C(=O)[O-])cc1. The molecule has 17 heavy (non-hydrogen) atoms. The Balaban J connectivity index is 2.86. The van der Waals surface area contributed by atoms with Crippen LogP contribution in [0, 0.1) is 11.3 Å². The fraction of sp³-hybridized carbons (Fsp3) is 0.200. The predicted octanol–water partition coefficient (Wildman–Crippen LogP) is -0.758. The third-order valence-corrected chi connectivity index (χ3v) is 3.41. The molecule has 1 aromatic rings. The minimum absolute atomic E-state index is 0.0150. The molecule has 90 valence electrons. The third-order valence-electron chi connectivity index (χ3n) is 1.93. The van der Waals surface area contributed by atoms with E-state index in [9.17, 15) is 18.3 Å². The van der Waals surface area contributed by atoms with E-state index >= 15 is 0 Å². The number of sulfonamides is 1. The van der Waals surface area contributed by atoms with Crippen molar-refractivity contribution in [3.63, 3.8) is 0 Å². The molecule has 1 aromatic carbocycles. The maximum atomic E-state index is 11.6. The van der Waals surface area contributed by atoms with Crippen LogP contribution in [0.2, 0.25) is 0 Å². The Morgan fingerprint density at radius 1 is 1.35 bits per heavy atom. The molecule has 0 spiro atoms. The lowest BCUT2D eigenvalue weighted by atomic mass is 10.2. The molecule has 0 saturated carbocycles. The van der Waals surface area contributed by atoms with Gasteiger partial charge in [-0.2, -0.15) is 5.26 Å². The highest BCUT2D eigenvalue weighted by Crippen LogP contribution is 2.09. The lowest BCUT2D eigenvalue weighted by molar-refractivity contribution is -0.255. The van der Waals surface area contributed by atoms with Crippen molar-refractivity contribution < 1.29 is 18.3 Å². The van der Waals surface area contributed by atoms with Gasteiger partial charge in [-0.25, -0.2) is 13.1 Å². The van der Waals surface area contributed by atoms with Crippen LogP contribution < -0.4 is 9.83 Å². The Bertz CT molecular complexity index is 543. The van der Waals surface area contributed by atoms with Crippen LogP contribution in [0.25, 0.3) is 0 Å². The van der Waals surface area contributed by atoms with Crippen molar-refractivity contribution in [3.05, 3.63) is 29.8 Å². The van der Waals surface area contributed by atoms with E-state index in [1.54, 1.807) is 6.07 Å². The molecular formula is C10H9N2O4S-. The smallest absolute Gasteiger partial charge is 0.240 e. The number of nitriles is 1. The van der Waals surface area contributed by atoms with Crippen LogP contribution >= 0.6 is 0 Å². The van der Waals surface area contributed by atoms with Crippen molar-refractivity contribution in [2.75, 3.05) is 6.54 Å². The lowest BCUT2D eigenvalue weighted by Crippen LogP contribution is -2.25. The van der Waals surface area contributed by atoms with E-state index < -0.39 is 16.0 Å². The highest BCUT2D eigenvalue weighted by atomic mass is 32.2. The topological polar surface area (TPSA) is 110 Å². The van der Waals surface area contributed by atoms with Gasteiger partial charge in [0.05, 0.1) is 16.9 Å². The van der Waals surface area contributed by atoms with E-state index in [1.807, 2.05) is 0 Å². The Morgan fingerprint density at radius 2 is 1.94 bits per heavy atom. The van der Waals surface area contributed by atoms with E-state index in [-0.39, 0.29) is 23.4 Å². The average molecular weight is 253 g/mol. The van der Waals surface area contributed by atoms with Crippen molar-refractivity contribution in [1.82, 2.24) is 4.72 Å². The highest BCUT2D eigenvalue weighted by Gasteiger charge is 2.12. The van der Waals surface area contributed by atoms with E-state index in [4.69, 9.17) is 5.26 Å².